The Morgan fingerprint density at radius 2 is 1.86 bits per heavy atom. The van der Waals surface area contributed by atoms with Gasteiger partial charge in [0.1, 0.15) is 5.65 Å². The van der Waals surface area contributed by atoms with E-state index in [1.165, 1.54) is 0 Å². The van der Waals surface area contributed by atoms with Crippen LogP contribution in [-0.2, 0) is 0 Å². The summed E-state index contributed by atoms with van der Waals surface area (Å²) in [6.07, 6.45) is 6.67. The molecule has 2 aromatic carbocycles. The molecule has 35 heavy (non-hydrogen) atoms. The number of methoxy groups -OCH3 is 1. The fourth-order valence-electron chi connectivity index (χ4n) is 4.14. The molecule has 2 aromatic heterocycles. The van der Waals surface area contributed by atoms with Gasteiger partial charge in [-0.05, 0) is 41.8 Å². The van der Waals surface area contributed by atoms with Crippen LogP contribution >= 0.6 is 0 Å². The highest BCUT2D eigenvalue weighted by atomic mass is 16.5. The number of fused-ring (bicyclic) bond motifs is 1. The number of carbonyl (C=O) groups is 1. The van der Waals surface area contributed by atoms with Crippen molar-refractivity contribution in [3.05, 3.63) is 77.6 Å². The summed E-state index contributed by atoms with van der Waals surface area (Å²) in [5.41, 5.74) is 7.20. The molecule has 4 aromatic rings. The quantitative estimate of drug-likeness (QED) is 0.413. The Labute approximate surface area is 203 Å². The van der Waals surface area contributed by atoms with Crippen LogP contribution in [0, 0.1) is 6.92 Å². The Morgan fingerprint density at radius 1 is 1.09 bits per heavy atom. The first-order valence-electron chi connectivity index (χ1n) is 11.3. The standard InChI is InChI=1S/C27H26N6O2/c1-16-14-19(26(34)33(2)3)11-12-21(16)30-27-31-24-23(25(32-27)35-4)20(15-29-24)17-7-9-18(10-8-17)22-6-5-13-28-22/h5,7-15H,6H2,1-4H3,(H2,29,30,31,32). The SMILES string of the molecule is COc1nc(Nc2ccc(C(=O)N(C)C)cc2C)nc2[nH]cc(-c3ccc(C4=NC=CC4)cc3)c12. The third-order valence-corrected chi connectivity index (χ3v) is 5.99. The van der Waals surface area contributed by atoms with Crippen molar-refractivity contribution in [3.63, 3.8) is 0 Å². The second-order valence-corrected chi connectivity index (χ2v) is 8.58. The van der Waals surface area contributed by atoms with E-state index in [4.69, 9.17) is 4.74 Å². The molecule has 1 aliphatic rings. The van der Waals surface area contributed by atoms with Gasteiger partial charge in [0.15, 0.2) is 0 Å². The summed E-state index contributed by atoms with van der Waals surface area (Å²) in [4.78, 5) is 30.8. The number of nitrogens with one attached hydrogen (secondary N) is 2. The predicted octanol–water partition coefficient (Wildman–Crippen LogP) is 5.09. The zero-order chi connectivity index (χ0) is 24.5. The van der Waals surface area contributed by atoms with Gasteiger partial charge >= 0.3 is 0 Å². The Morgan fingerprint density at radius 3 is 2.51 bits per heavy atom. The second kappa shape index (κ2) is 9.06. The van der Waals surface area contributed by atoms with Gasteiger partial charge in [0.05, 0.1) is 18.2 Å². The average molecular weight is 467 g/mol. The van der Waals surface area contributed by atoms with Crippen LogP contribution in [0.3, 0.4) is 0 Å². The number of nitrogens with zero attached hydrogens (tertiary/aromatic N) is 4. The van der Waals surface area contributed by atoms with Crippen LogP contribution in [0.15, 0.2) is 65.9 Å². The van der Waals surface area contributed by atoms with E-state index in [1.54, 1.807) is 32.2 Å². The molecule has 0 radical (unpaired) electrons. The number of H-pyrrole nitrogens is 1. The van der Waals surface area contributed by atoms with Crippen LogP contribution in [0.4, 0.5) is 11.6 Å². The monoisotopic (exact) mass is 466 g/mol. The highest BCUT2D eigenvalue weighted by Gasteiger charge is 2.17. The smallest absolute Gasteiger partial charge is 0.253 e. The van der Waals surface area contributed by atoms with Crippen molar-refractivity contribution in [3.8, 4) is 17.0 Å². The van der Waals surface area contributed by atoms with Crippen molar-refractivity contribution in [1.29, 1.82) is 0 Å². The zero-order valence-corrected chi connectivity index (χ0v) is 20.1. The summed E-state index contributed by atoms with van der Waals surface area (Å²) in [5, 5.41) is 4.07. The number of hydrogen-bond acceptors (Lipinski definition) is 6. The third kappa shape index (κ3) is 4.26. The topological polar surface area (TPSA) is 95.5 Å². The number of rotatable bonds is 6. The van der Waals surface area contributed by atoms with Gasteiger partial charge in [-0.15, -0.1) is 0 Å². The number of anilines is 2. The van der Waals surface area contributed by atoms with Crippen molar-refractivity contribution in [2.75, 3.05) is 26.5 Å². The molecule has 0 fully saturated rings. The predicted molar refractivity (Wildman–Crippen MR) is 139 cm³/mol. The first kappa shape index (κ1) is 22.3. The lowest BCUT2D eigenvalue weighted by Crippen LogP contribution is -2.21. The number of allylic oxidation sites excluding steroid dienone is 1. The normalized spacial score (nSPS) is 12.6. The summed E-state index contributed by atoms with van der Waals surface area (Å²) in [5.74, 6) is 0.831. The number of benzene rings is 2. The van der Waals surface area contributed by atoms with Crippen LogP contribution in [0.2, 0.25) is 0 Å². The molecule has 5 rings (SSSR count). The van der Waals surface area contributed by atoms with Crippen molar-refractivity contribution in [1.82, 2.24) is 19.9 Å². The van der Waals surface area contributed by atoms with Gasteiger partial charge in [-0.25, -0.2) is 0 Å². The summed E-state index contributed by atoms with van der Waals surface area (Å²) in [6.45, 7) is 1.94. The van der Waals surface area contributed by atoms with Crippen LogP contribution in [0.25, 0.3) is 22.2 Å². The molecule has 0 spiro atoms. The van der Waals surface area contributed by atoms with E-state index in [-0.39, 0.29) is 5.91 Å². The lowest BCUT2D eigenvalue weighted by Gasteiger charge is -2.14. The van der Waals surface area contributed by atoms with E-state index < -0.39 is 0 Å². The lowest BCUT2D eigenvalue weighted by molar-refractivity contribution is 0.0827. The molecule has 0 bridgehead atoms. The number of aromatic amines is 1. The molecule has 0 aliphatic carbocycles. The highest BCUT2D eigenvalue weighted by molar-refractivity contribution is 6.04. The van der Waals surface area contributed by atoms with E-state index >= 15 is 0 Å². The molecular formula is C27H26N6O2. The maximum atomic E-state index is 12.3. The molecule has 3 heterocycles. The largest absolute Gasteiger partial charge is 0.480 e. The van der Waals surface area contributed by atoms with Crippen molar-refractivity contribution < 1.29 is 9.53 Å². The van der Waals surface area contributed by atoms with Gasteiger partial charge in [-0.2, -0.15) is 9.97 Å². The third-order valence-electron chi connectivity index (χ3n) is 5.99. The lowest BCUT2D eigenvalue weighted by atomic mass is 10.0. The maximum Gasteiger partial charge on any atom is 0.253 e. The van der Waals surface area contributed by atoms with Gasteiger partial charge in [0.25, 0.3) is 5.91 Å². The first-order chi connectivity index (χ1) is 16.9. The molecule has 1 amide bonds. The molecular weight excluding hydrogens is 440 g/mol. The number of hydrogen-bond donors (Lipinski definition) is 2. The number of amides is 1. The number of aryl methyl sites for hydroxylation is 1. The van der Waals surface area contributed by atoms with E-state index in [0.717, 1.165) is 45.5 Å². The van der Waals surface area contributed by atoms with Gasteiger partial charge in [0, 0.05) is 49.7 Å². The summed E-state index contributed by atoms with van der Waals surface area (Å²) in [7, 11) is 5.07. The van der Waals surface area contributed by atoms with Crippen LogP contribution < -0.4 is 10.1 Å². The number of carbonyl (C=O) groups excluding carboxylic acids is 1. The van der Waals surface area contributed by atoms with Crippen LogP contribution in [0.1, 0.15) is 27.9 Å². The molecule has 8 nitrogen and oxygen atoms in total. The number of ether oxygens (including phenoxy) is 1. The van der Waals surface area contributed by atoms with Crippen LogP contribution in [-0.4, -0.2) is 52.7 Å². The minimum Gasteiger partial charge on any atom is -0.480 e. The van der Waals surface area contributed by atoms with Gasteiger partial charge < -0.3 is 19.9 Å². The summed E-state index contributed by atoms with van der Waals surface area (Å²) >= 11 is 0. The van der Waals surface area contributed by atoms with Crippen LogP contribution in [0.5, 0.6) is 5.88 Å². The van der Waals surface area contributed by atoms with Gasteiger partial charge in [-0.3, -0.25) is 9.79 Å². The van der Waals surface area contributed by atoms with Crippen molar-refractivity contribution in [2.45, 2.75) is 13.3 Å². The molecule has 176 valence electrons. The molecule has 1 aliphatic heterocycles. The minimum atomic E-state index is -0.0427. The Kier molecular flexibility index (Phi) is 5.78. The Balaban J connectivity index is 1.45. The Bertz CT molecular complexity index is 1480. The first-order valence-corrected chi connectivity index (χ1v) is 11.3. The second-order valence-electron chi connectivity index (χ2n) is 8.58. The molecule has 0 saturated heterocycles. The van der Waals surface area contributed by atoms with Crippen molar-refractivity contribution >= 4 is 34.3 Å². The molecule has 8 heteroatoms. The fraction of sp³-hybridized carbons (Fsp3) is 0.185. The number of aromatic nitrogens is 3. The van der Waals surface area contributed by atoms with E-state index in [1.807, 2.05) is 31.5 Å². The van der Waals surface area contributed by atoms with E-state index in [9.17, 15) is 4.79 Å². The molecule has 2 N–H and O–H groups in total. The van der Waals surface area contributed by atoms with Gasteiger partial charge in [-0.1, -0.05) is 30.3 Å². The van der Waals surface area contributed by atoms with E-state index in [0.29, 0.717) is 23.0 Å². The fourth-order valence-corrected chi connectivity index (χ4v) is 4.14. The Hall–Kier alpha value is -4.46. The van der Waals surface area contributed by atoms with Gasteiger partial charge in [0.2, 0.25) is 11.8 Å². The summed E-state index contributed by atoms with van der Waals surface area (Å²) < 4.78 is 5.65. The molecule has 0 saturated carbocycles. The molecule has 0 unspecified atom stereocenters. The van der Waals surface area contributed by atoms with Crippen molar-refractivity contribution in [2.24, 2.45) is 4.99 Å². The number of aliphatic imine (C=N–C) groups is 1. The molecule has 0 atom stereocenters. The zero-order valence-electron chi connectivity index (χ0n) is 20.1. The average Bonchev–Trinajstić information content (AvgIpc) is 3.55. The summed E-state index contributed by atoms with van der Waals surface area (Å²) in [6, 6.07) is 13.8. The van der Waals surface area contributed by atoms with E-state index in [2.05, 4.69) is 55.6 Å². The maximum absolute atomic E-state index is 12.3. The minimum absolute atomic E-state index is 0.0427. The highest BCUT2D eigenvalue weighted by Crippen LogP contribution is 2.35.